The van der Waals surface area contributed by atoms with Crippen LogP contribution in [0.1, 0.15) is 24.7 Å². The van der Waals surface area contributed by atoms with E-state index in [1.54, 1.807) is 20.9 Å². The topological polar surface area (TPSA) is 130 Å². The molecule has 0 bridgehead atoms. The van der Waals surface area contributed by atoms with Crippen molar-refractivity contribution in [2.75, 3.05) is 6.54 Å². The summed E-state index contributed by atoms with van der Waals surface area (Å²) >= 11 is 0. The Hall–Kier alpha value is -1.94. The van der Waals surface area contributed by atoms with Crippen LogP contribution >= 0.6 is 0 Å². The van der Waals surface area contributed by atoms with Crippen molar-refractivity contribution in [3.63, 3.8) is 0 Å². The average molecular weight is 332 g/mol. The number of sulfonamides is 1. The van der Waals surface area contributed by atoms with Gasteiger partial charge in [-0.1, -0.05) is 0 Å². The Balaban J connectivity index is 2.79. The van der Waals surface area contributed by atoms with Gasteiger partial charge in [0.05, 0.1) is 23.9 Å². The fraction of sp³-hybridized carbons (Fsp3) is 0.583. The van der Waals surface area contributed by atoms with Crippen LogP contribution in [0.4, 0.5) is 0 Å². The zero-order valence-electron chi connectivity index (χ0n) is 12.9. The van der Waals surface area contributed by atoms with Crippen LogP contribution in [-0.4, -0.2) is 47.8 Å². The van der Waals surface area contributed by atoms with Gasteiger partial charge in [-0.25, -0.2) is 8.42 Å². The van der Waals surface area contributed by atoms with Gasteiger partial charge in [-0.2, -0.15) is 9.82 Å². The second-order valence-electron chi connectivity index (χ2n) is 4.90. The third-order valence-corrected chi connectivity index (χ3v) is 4.87. The number of aromatic nitrogens is 2. The van der Waals surface area contributed by atoms with Gasteiger partial charge in [-0.15, -0.1) is 0 Å². The number of nitrogens with zero attached hydrogens (tertiary/aromatic N) is 2. The molecule has 3 N–H and O–H groups in total. The summed E-state index contributed by atoms with van der Waals surface area (Å²) in [4.78, 5) is 22.2. The maximum absolute atomic E-state index is 12.3. The molecule has 124 valence electrons. The first-order valence-electron chi connectivity index (χ1n) is 6.58. The molecule has 1 rings (SSSR count). The molecule has 1 amide bonds. The summed E-state index contributed by atoms with van der Waals surface area (Å²) in [6.45, 7) is 4.51. The molecule has 0 radical (unpaired) electrons. The van der Waals surface area contributed by atoms with E-state index in [0.29, 0.717) is 11.4 Å². The van der Waals surface area contributed by atoms with E-state index in [9.17, 15) is 18.0 Å². The minimum absolute atomic E-state index is 0.0418. The predicted molar refractivity (Wildman–Crippen MR) is 77.7 cm³/mol. The van der Waals surface area contributed by atoms with Crippen molar-refractivity contribution < 1.29 is 23.1 Å². The fourth-order valence-electron chi connectivity index (χ4n) is 1.93. The van der Waals surface area contributed by atoms with E-state index in [4.69, 9.17) is 5.11 Å². The van der Waals surface area contributed by atoms with Gasteiger partial charge in [0, 0.05) is 13.6 Å². The van der Waals surface area contributed by atoms with Crippen LogP contribution in [0.5, 0.6) is 0 Å². The van der Waals surface area contributed by atoms with Crippen molar-refractivity contribution in [3.8, 4) is 0 Å². The molecular weight excluding hydrogens is 312 g/mol. The normalized spacial score (nSPS) is 12.9. The smallest absolute Gasteiger partial charge is 0.305 e. The number of carbonyl (C=O) groups excluding carboxylic acids is 1. The van der Waals surface area contributed by atoms with E-state index < -0.39 is 27.9 Å². The number of carboxylic acid groups (broad SMARTS) is 1. The highest BCUT2D eigenvalue weighted by Gasteiger charge is 2.27. The van der Waals surface area contributed by atoms with Crippen LogP contribution < -0.4 is 10.0 Å². The lowest BCUT2D eigenvalue weighted by Gasteiger charge is -2.14. The van der Waals surface area contributed by atoms with Crippen LogP contribution in [0.3, 0.4) is 0 Å². The number of hydrogen-bond acceptors (Lipinski definition) is 5. The predicted octanol–water partition coefficient (Wildman–Crippen LogP) is -0.705. The SMILES string of the molecule is Cc1nn(C)c(C)c1S(=O)(=O)NC(C)C(=O)NCCC(=O)O. The van der Waals surface area contributed by atoms with Gasteiger partial charge in [-0.3, -0.25) is 14.3 Å². The number of carboxylic acids is 1. The zero-order chi connectivity index (χ0) is 17.1. The summed E-state index contributed by atoms with van der Waals surface area (Å²) in [6.07, 6.45) is -0.230. The Morgan fingerprint density at radius 1 is 1.36 bits per heavy atom. The molecule has 1 atom stereocenters. The minimum Gasteiger partial charge on any atom is -0.481 e. The Morgan fingerprint density at radius 2 is 1.95 bits per heavy atom. The van der Waals surface area contributed by atoms with Crippen LogP contribution in [0, 0.1) is 13.8 Å². The highest BCUT2D eigenvalue weighted by molar-refractivity contribution is 7.89. The average Bonchev–Trinajstić information content (AvgIpc) is 2.62. The van der Waals surface area contributed by atoms with Gasteiger partial charge >= 0.3 is 5.97 Å². The lowest BCUT2D eigenvalue weighted by Crippen LogP contribution is -2.45. The summed E-state index contributed by atoms with van der Waals surface area (Å²) in [6, 6.07) is -1.03. The summed E-state index contributed by atoms with van der Waals surface area (Å²) in [5, 5.41) is 14.9. The fourth-order valence-corrected chi connectivity index (χ4v) is 3.58. The number of carbonyl (C=O) groups is 2. The van der Waals surface area contributed by atoms with Crippen molar-refractivity contribution >= 4 is 21.9 Å². The maximum atomic E-state index is 12.3. The molecule has 1 unspecified atom stereocenters. The Bertz CT molecular complexity index is 680. The van der Waals surface area contributed by atoms with E-state index in [2.05, 4.69) is 15.1 Å². The van der Waals surface area contributed by atoms with E-state index in [1.807, 2.05) is 0 Å². The molecule has 0 spiro atoms. The molecule has 0 aliphatic rings. The van der Waals surface area contributed by atoms with Gasteiger partial charge in [0.2, 0.25) is 15.9 Å². The molecule has 10 heteroatoms. The monoisotopic (exact) mass is 332 g/mol. The minimum atomic E-state index is -3.90. The zero-order valence-corrected chi connectivity index (χ0v) is 13.7. The molecule has 0 saturated carbocycles. The summed E-state index contributed by atoms with van der Waals surface area (Å²) in [5.74, 6) is -1.64. The lowest BCUT2D eigenvalue weighted by atomic mass is 10.3. The van der Waals surface area contributed by atoms with Crippen LogP contribution in [0.25, 0.3) is 0 Å². The molecule has 22 heavy (non-hydrogen) atoms. The van der Waals surface area contributed by atoms with Gasteiger partial charge in [0.1, 0.15) is 4.90 Å². The van der Waals surface area contributed by atoms with Gasteiger partial charge in [0.15, 0.2) is 0 Å². The largest absolute Gasteiger partial charge is 0.481 e. The number of amides is 1. The Kier molecular flexibility index (Phi) is 5.66. The van der Waals surface area contributed by atoms with Crippen LogP contribution in [0.15, 0.2) is 4.90 Å². The number of aliphatic carboxylic acids is 1. The molecule has 1 aromatic heterocycles. The third-order valence-electron chi connectivity index (χ3n) is 3.07. The molecule has 9 nitrogen and oxygen atoms in total. The van der Waals surface area contributed by atoms with E-state index in [-0.39, 0.29) is 17.9 Å². The molecular formula is C12H20N4O5S. The quantitative estimate of drug-likeness (QED) is 0.605. The molecule has 0 aliphatic carbocycles. The van der Waals surface area contributed by atoms with Crippen LogP contribution in [0.2, 0.25) is 0 Å². The first kappa shape index (κ1) is 18.1. The first-order valence-corrected chi connectivity index (χ1v) is 8.06. The molecule has 0 fully saturated rings. The van der Waals surface area contributed by atoms with Crippen molar-refractivity contribution in [1.29, 1.82) is 0 Å². The number of aryl methyl sites for hydroxylation is 2. The van der Waals surface area contributed by atoms with Gasteiger partial charge in [-0.05, 0) is 20.8 Å². The van der Waals surface area contributed by atoms with Gasteiger partial charge < -0.3 is 10.4 Å². The van der Waals surface area contributed by atoms with Crippen molar-refractivity contribution in [1.82, 2.24) is 19.8 Å². The molecule has 1 aromatic rings. The highest BCUT2D eigenvalue weighted by atomic mass is 32.2. The highest BCUT2D eigenvalue weighted by Crippen LogP contribution is 2.18. The second-order valence-corrected chi connectivity index (χ2v) is 6.55. The van der Waals surface area contributed by atoms with Crippen LogP contribution in [-0.2, 0) is 26.7 Å². The summed E-state index contributed by atoms with van der Waals surface area (Å²) in [5.41, 5.74) is 0.800. The maximum Gasteiger partial charge on any atom is 0.305 e. The van der Waals surface area contributed by atoms with Crippen molar-refractivity contribution in [2.45, 2.75) is 38.1 Å². The second kappa shape index (κ2) is 6.88. The number of nitrogens with one attached hydrogen (secondary N) is 2. The third kappa shape index (κ3) is 4.28. The molecule has 0 aromatic carbocycles. The van der Waals surface area contributed by atoms with Crippen molar-refractivity contribution in [3.05, 3.63) is 11.4 Å². The number of rotatable bonds is 7. The lowest BCUT2D eigenvalue weighted by molar-refractivity contribution is -0.136. The molecule has 0 saturated heterocycles. The Morgan fingerprint density at radius 3 is 2.41 bits per heavy atom. The molecule has 0 aliphatic heterocycles. The van der Waals surface area contributed by atoms with E-state index in [0.717, 1.165) is 0 Å². The summed E-state index contributed by atoms with van der Waals surface area (Å²) in [7, 11) is -2.27. The molecule has 1 heterocycles. The Labute approximate surface area is 128 Å². The van der Waals surface area contributed by atoms with E-state index >= 15 is 0 Å². The van der Waals surface area contributed by atoms with E-state index in [1.165, 1.54) is 11.6 Å². The number of hydrogen-bond donors (Lipinski definition) is 3. The standard InChI is InChI=1S/C12H20N4O5S/c1-7-11(9(3)16(4)14-7)22(20,21)15-8(2)12(19)13-6-5-10(17)18/h8,15H,5-6H2,1-4H3,(H,13,19)(H,17,18). The summed E-state index contributed by atoms with van der Waals surface area (Å²) < 4.78 is 28.4. The van der Waals surface area contributed by atoms with Gasteiger partial charge in [0.25, 0.3) is 0 Å². The van der Waals surface area contributed by atoms with Crippen molar-refractivity contribution in [2.24, 2.45) is 7.05 Å². The first-order chi connectivity index (χ1) is 10.1.